The molecule has 34 heavy (non-hydrogen) atoms. The van der Waals surface area contributed by atoms with Gasteiger partial charge in [-0.3, -0.25) is 4.79 Å². The Hall–Kier alpha value is -1.76. The molecule has 4 unspecified atom stereocenters. The third-order valence-electron chi connectivity index (χ3n) is 10.2. The van der Waals surface area contributed by atoms with Crippen LogP contribution in [0, 0.1) is 34.5 Å². The summed E-state index contributed by atoms with van der Waals surface area (Å²) in [7, 11) is 4.14. The highest BCUT2D eigenvalue weighted by Crippen LogP contribution is 2.65. The Balaban J connectivity index is 1.13. The maximum absolute atomic E-state index is 12.6. The number of fused-ring (bicyclic) bond motifs is 5. The van der Waals surface area contributed by atoms with Crippen molar-refractivity contribution < 1.29 is 9.63 Å². The second-order valence-electron chi connectivity index (χ2n) is 12.3. The highest BCUT2D eigenvalue weighted by molar-refractivity contribution is 5.87. The lowest BCUT2D eigenvalue weighted by atomic mass is 9.45. The van der Waals surface area contributed by atoms with Crippen LogP contribution in [0.2, 0.25) is 0 Å². The summed E-state index contributed by atoms with van der Waals surface area (Å²) in [6.45, 7) is 7.02. The van der Waals surface area contributed by atoms with Crippen molar-refractivity contribution in [3.63, 3.8) is 0 Å². The fraction of sp³-hybridized carbons (Fsp3) is 0.852. The number of Topliss-reactive ketones (excluding diaryl/α,β-unsaturated/α-hetero) is 1. The highest BCUT2D eigenvalue weighted by Gasteiger charge is 2.60. The van der Waals surface area contributed by atoms with Gasteiger partial charge in [0.2, 0.25) is 0 Å². The molecule has 4 saturated carbocycles. The van der Waals surface area contributed by atoms with E-state index in [0.29, 0.717) is 36.2 Å². The van der Waals surface area contributed by atoms with E-state index in [4.69, 9.17) is 4.84 Å². The molecule has 0 spiro atoms. The molecule has 4 aliphatic carbocycles. The second kappa shape index (κ2) is 9.36. The van der Waals surface area contributed by atoms with Crippen LogP contribution in [0.25, 0.3) is 0 Å². The number of carbonyl (C=O) groups is 1. The summed E-state index contributed by atoms with van der Waals surface area (Å²) in [6, 6.07) is 0. The van der Waals surface area contributed by atoms with Gasteiger partial charge in [-0.15, -0.1) is 5.10 Å². The molecule has 0 saturated heterocycles. The van der Waals surface area contributed by atoms with Crippen LogP contribution in [0.1, 0.15) is 77.3 Å². The zero-order chi connectivity index (χ0) is 23.9. The molecule has 0 bridgehead atoms. The summed E-state index contributed by atoms with van der Waals surface area (Å²) >= 11 is 0. The SMILES string of the molecule is CN(C)CCc1cn(CCO/N=C2\CC[C@@]3(C)C(CCC4C3CC[C@]3(C)C(=O)CCC43)C2)nn1. The molecule has 5 rings (SSSR count). The van der Waals surface area contributed by atoms with E-state index in [2.05, 4.69) is 48.3 Å². The maximum Gasteiger partial charge on any atom is 0.139 e. The number of carbonyl (C=O) groups excluding carboxylic acids is 1. The average Bonchev–Trinajstić information content (AvgIpc) is 3.39. The Bertz CT molecular complexity index is 926. The Labute approximate surface area is 204 Å². The van der Waals surface area contributed by atoms with E-state index in [-0.39, 0.29) is 5.41 Å². The quantitative estimate of drug-likeness (QED) is 0.438. The molecule has 188 valence electrons. The minimum absolute atomic E-state index is 0.0172. The van der Waals surface area contributed by atoms with E-state index in [1.165, 1.54) is 31.4 Å². The second-order valence-corrected chi connectivity index (χ2v) is 12.3. The number of nitrogens with zero attached hydrogens (tertiary/aromatic N) is 5. The summed E-state index contributed by atoms with van der Waals surface area (Å²) in [5, 5.41) is 13.0. The van der Waals surface area contributed by atoms with Gasteiger partial charge in [-0.05, 0) is 94.5 Å². The summed E-state index contributed by atoms with van der Waals surface area (Å²) < 4.78 is 1.86. The molecule has 1 heterocycles. The van der Waals surface area contributed by atoms with Crippen molar-refractivity contribution in [2.75, 3.05) is 27.2 Å². The van der Waals surface area contributed by atoms with Crippen molar-refractivity contribution in [2.24, 2.45) is 39.7 Å². The van der Waals surface area contributed by atoms with E-state index in [1.807, 2.05) is 10.9 Å². The smallest absolute Gasteiger partial charge is 0.139 e. The van der Waals surface area contributed by atoms with Crippen molar-refractivity contribution in [1.29, 1.82) is 0 Å². The predicted molar refractivity (Wildman–Crippen MR) is 132 cm³/mol. The van der Waals surface area contributed by atoms with Gasteiger partial charge in [0.1, 0.15) is 12.4 Å². The lowest BCUT2D eigenvalue weighted by molar-refractivity contribution is -0.137. The number of oxime groups is 1. The number of rotatable bonds is 7. The topological polar surface area (TPSA) is 72.6 Å². The normalized spacial score (nSPS) is 38.6. The minimum Gasteiger partial charge on any atom is -0.394 e. The van der Waals surface area contributed by atoms with E-state index in [9.17, 15) is 4.79 Å². The van der Waals surface area contributed by atoms with E-state index < -0.39 is 0 Å². The van der Waals surface area contributed by atoms with Crippen LogP contribution in [-0.4, -0.2) is 58.6 Å². The first-order chi connectivity index (χ1) is 16.3. The van der Waals surface area contributed by atoms with Gasteiger partial charge in [0.25, 0.3) is 0 Å². The summed E-state index contributed by atoms with van der Waals surface area (Å²) in [4.78, 5) is 20.5. The molecule has 4 aliphatic rings. The van der Waals surface area contributed by atoms with Crippen LogP contribution in [0.5, 0.6) is 0 Å². The molecule has 0 radical (unpaired) electrons. The van der Waals surface area contributed by atoms with Gasteiger partial charge in [-0.1, -0.05) is 24.2 Å². The molecule has 0 amide bonds. The van der Waals surface area contributed by atoms with Crippen LogP contribution in [0.15, 0.2) is 11.4 Å². The fourth-order valence-corrected chi connectivity index (χ4v) is 8.09. The zero-order valence-corrected chi connectivity index (χ0v) is 21.6. The van der Waals surface area contributed by atoms with Crippen LogP contribution in [0.4, 0.5) is 0 Å². The standard InChI is InChI=1S/C27H43N5O2/c1-26-12-9-20(29-34-16-15-32-18-21(28-30-32)11-14-31(3)4)17-19(26)5-6-22-23-7-8-25(33)27(23,2)13-10-24(22)26/h18-19,22-24H,5-17H2,1-4H3/b29-20+/t19?,22?,23?,24?,26-,27-/m0/s1. The molecular weight excluding hydrogens is 426 g/mol. The van der Waals surface area contributed by atoms with E-state index >= 15 is 0 Å². The van der Waals surface area contributed by atoms with Crippen molar-refractivity contribution in [3.05, 3.63) is 11.9 Å². The highest BCUT2D eigenvalue weighted by atomic mass is 16.6. The molecule has 0 aliphatic heterocycles. The van der Waals surface area contributed by atoms with Crippen molar-refractivity contribution >= 4 is 11.5 Å². The lowest BCUT2D eigenvalue weighted by Gasteiger charge is -2.59. The van der Waals surface area contributed by atoms with Crippen molar-refractivity contribution in [1.82, 2.24) is 19.9 Å². The molecular formula is C27H43N5O2. The molecule has 1 aromatic heterocycles. The van der Waals surface area contributed by atoms with Gasteiger partial charge < -0.3 is 9.74 Å². The Morgan fingerprint density at radius 3 is 2.82 bits per heavy atom. The van der Waals surface area contributed by atoms with Crippen LogP contribution in [-0.2, 0) is 22.6 Å². The van der Waals surface area contributed by atoms with Crippen LogP contribution < -0.4 is 0 Å². The monoisotopic (exact) mass is 469 g/mol. The fourth-order valence-electron chi connectivity index (χ4n) is 8.09. The largest absolute Gasteiger partial charge is 0.394 e. The molecule has 7 heteroatoms. The zero-order valence-electron chi connectivity index (χ0n) is 21.6. The third-order valence-corrected chi connectivity index (χ3v) is 10.2. The molecule has 1 aromatic rings. The van der Waals surface area contributed by atoms with Crippen LogP contribution in [0.3, 0.4) is 0 Å². The molecule has 6 atom stereocenters. The molecule has 7 nitrogen and oxygen atoms in total. The van der Waals surface area contributed by atoms with E-state index in [1.54, 1.807) is 0 Å². The van der Waals surface area contributed by atoms with Gasteiger partial charge in [0.15, 0.2) is 0 Å². The number of likely N-dealkylation sites (N-methyl/N-ethyl adjacent to an activating group) is 1. The molecule has 4 fully saturated rings. The van der Waals surface area contributed by atoms with Gasteiger partial charge >= 0.3 is 0 Å². The van der Waals surface area contributed by atoms with E-state index in [0.717, 1.165) is 62.6 Å². The Kier molecular flexibility index (Phi) is 6.60. The Morgan fingerprint density at radius 1 is 1.15 bits per heavy atom. The summed E-state index contributed by atoms with van der Waals surface area (Å²) in [5.41, 5.74) is 2.64. The number of ketones is 1. The summed E-state index contributed by atoms with van der Waals surface area (Å²) in [6.07, 6.45) is 13.2. The first-order valence-electron chi connectivity index (χ1n) is 13.5. The van der Waals surface area contributed by atoms with Crippen molar-refractivity contribution in [3.8, 4) is 0 Å². The minimum atomic E-state index is -0.0172. The third kappa shape index (κ3) is 4.33. The van der Waals surface area contributed by atoms with Gasteiger partial charge in [0.05, 0.1) is 18.0 Å². The van der Waals surface area contributed by atoms with Gasteiger partial charge in [0, 0.05) is 31.0 Å². The van der Waals surface area contributed by atoms with Gasteiger partial charge in [-0.2, -0.15) is 0 Å². The first kappa shape index (κ1) is 24.0. The predicted octanol–water partition coefficient (Wildman–Crippen LogP) is 4.37. The van der Waals surface area contributed by atoms with Gasteiger partial charge in [-0.25, -0.2) is 4.68 Å². The number of hydrogen-bond donors (Lipinski definition) is 0. The maximum atomic E-state index is 12.6. The van der Waals surface area contributed by atoms with Crippen LogP contribution >= 0.6 is 0 Å². The molecule has 0 aromatic carbocycles. The molecule has 0 N–H and O–H groups in total. The number of hydrogen-bond acceptors (Lipinski definition) is 6. The average molecular weight is 470 g/mol. The first-order valence-corrected chi connectivity index (χ1v) is 13.5. The summed E-state index contributed by atoms with van der Waals surface area (Å²) in [5.74, 6) is 3.43. The lowest BCUT2D eigenvalue weighted by Crippen LogP contribution is -2.53. The Morgan fingerprint density at radius 2 is 2.00 bits per heavy atom. The van der Waals surface area contributed by atoms with Crippen molar-refractivity contribution in [2.45, 2.75) is 84.6 Å². The number of aromatic nitrogens is 3.